The van der Waals surface area contributed by atoms with Gasteiger partial charge in [0.25, 0.3) is 5.89 Å². The number of amides is 1. The molecule has 1 aliphatic rings. The van der Waals surface area contributed by atoms with Crippen molar-refractivity contribution in [2.24, 2.45) is 0 Å². The fraction of sp³-hybridized carbons (Fsp3) is 0.250. The van der Waals surface area contributed by atoms with E-state index in [1.807, 2.05) is 4.90 Å². The van der Waals surface area contributed by atoms with Gasteiger partial charge in [-0.2, -0.15) is 10.2 Å². The highest BCUT2D eigenvalue weighted by molar-refractivity contribution is 8.00. The van der Waals surface area contributed by atoms with Crippen LogP contribution in [0.5, 0.6) is 0 Å². The van der Waals surface area contributed by atoms with Crippen molar-refractivity contribution in [3.05, 3.63) is 52.3 Å². The van der Waals surface area contributed by atoms with Crippen LogP contribution >= 0.6 is 35.0 Å². The van der Waals surface area contributed by atoms with Gasteiger partial charge in [-0.05, 0) is 24.3 Å². The molecule has 0 aliphatic carbocycles. The number of anilines is 1. The predicted molar refractivity (Wildman–Crippen MR) is 115 cm³/mol. The molecule has 0 atom stereocenters. The minimum absolute atomic E-state index is 0.00462. The number of carbonyl (C=O) groups is 1. The molecule has 1 fully saturated rings. The summed E-state index contributed by atoms with van der Waals surface area (Å²) >= 11 is 13.7. The first-order valence-corrected chi connectivity index (χ1v) is 10.9. The molecule has 0 spiro atoms. The number of rotatable bonds is 5. The molecule has 154 valence electrons. The summed E-state index contributed by atoms with van der Waals surface area (Å²) in [5.74, 6) is 1.37. The SMILES string of the molecule is N#Cc1nc(-c2ccco2)oc1N1CCN(C(=O)CSc2c(Cl)cccc2Cl)CC1. The van der Waals surface area contributed by atoms with Crippen molar-refractivity contribution in [2.75, 3.05) is 36.8 Å². The van der Waals surface area contributed by atoms with E-state index < -0.39 is 0 Å². The Labute approximate surface area is 187 Å². The van der Waals surface area contributed by atoms with Gasteiger partial charge in [0.05, 0.1) is 22.1 Å². The van der Waals surface area contributed by atoms with Crippen LogP contribution < -0.4 is 4.90 Å². The fourth-order valence-electron chi connectivity index (χ4n) is 3.11. The first-order valence-electron chi connectivity index (χ1n) is 9.11. The highest BCUT2D eigenvalue weighted by atomic mass is 35.5. The van der Waals surface area contributed by atoms with Crippen LogP contribution in [-0.4, -0.2) is 47.7 Å². The summed E-state index contributed by atoms with van der Waals surface area (Å²) in [6.07, 6.45) is 1.52. The summed E-state index contributed by atoms with van der Waals surface area (Å²) in [5.41, 5.74) is 0.199. The summed E-state index contributed by atoms with van der Waals surface area (Å²) in [5, 5.41) is 10.5. The number of carbonyl (C=O) groups excluding carboxylic acids is 1. The number of piperazine rings is 1. The van der Waals surface area contributed by atoms with E-state index in [0.29, 0.717) is 52.8 Å². The van der Waals surface area contributed by atoms with Crippen molar-refractivity contribution >= 4 is 46.8 Å². The molecule has 10 heteroatoms. The average Bonchev–Trinajstić information content (AvgIpc) is 3.43. The van der Waals surface area contributed by atoms with Crippen LogP contribution in [0.25, 0.3) is 11.7 Å². The maximum absolute atomic E-state index is 12.6. The zero-order chi connectivity index (χ0) is 21.1. The third-order valence-electron chi connectivity index (χ3n) is 4.63. The van der Waals surface area contributed by atoms with Gasteiger partial charge < -0.3 is 18.6 Å². The van der Waals surface area contributed by atoms with Gasteiger partial charge in [-0.25, -0.2) is 0 Å². The molecular formula is C20H16Cl2N4O3S. The highest BCUT2D eigenvalue weighted by Gasteiger charge is 2.27. The lowest BCUT2D eigenvalue weighted by molar-refractivity contribution is -0.128. The standard InChI is InChI=1S/C20H16Cl2N4O3S/c21-13-3-1-4-14(22)18(13)30-12-17(27)25-6-8-26(9-7-25)20-15(11-23)24-19(29-20)16-5-2-10-28-16/h1-5,10H,6-9,12H2. The van der Waals surface area contributed by atoms with Crippen LogP contribution in [0.4, 0.5) is 5.88 Å². The van der Waals surface area contributed by atoms with Gasteiger partial charge in [0, 0.05) is 31.1 Å². The van der Waals surface area contributed by atoms with E-state index in [1.165, 1.54) is 18.0 Å². The van der Waals surface area contributed by atoms with E-state index in [1.54, 1.807) is 35.2 Å². The molecule has 2 aromatic heterocycles. The first-order chi connectivity index (χ1) is 14.6. The molecule has 30 heavy (non-hydrogen) atoms. The van der Waals surface area contributed by atoms with Gasteiger partial charge in [-0.3, -0.25) is 4.79 Å². The van der Waals surface area contributed by atoms with Crippen LogP contribution in [0.15, 0.2) is 50.3 Å². The Hall–Kier alpha value is -2.60. The molecule has 3 heterocycles. The summed E-state index contributed by atoms with van der Waals surface area (Å²) in [4.78, 5) is 21.2. The number of oxazole rings is 1. The number of hydrogen-bond donors (Lipinski definition) is 0. The molecule has 1 saturated heterocycles. The number of furan rings is 1. The molecule has 7 nitrogen and oxygen atoms in total. The second kappa shape index (κ2) is 9.04. The summed E-state index contributed by atoms with van der Waals surface area (Å²) in [7, 11) is 0. The van der Waals surface area contributed by atoms with E-state index in [9.17, 15) is 10.1 Å². The van der Waals surface area contributed by atoms with Crippen molar-refractivity contribution < 1.29 is 13.6 Å². The fourth-order valence-corrected chi connectivity index (χ4v) is 4.70. The number of thioether (sulfide) groups is 1. The minimum Gasteiger partial charge on any atom is -0.459 e. The first kappa shape index (κ1) is 20.7. The van der Waals surface area contributed by atoms with Crippen LogP contribution in [-0.2, 0) is 4.79 Å². The zero-order valence-electron chi connectivity index (χ0n) is 15.7. The number of nitrogens with zero attached hydrogens (tertiary/aromatic N) is 4. The van der Waals surface area contributed by atoms with Gasteiger partial charge in [0.15, 0.2) is 5.76 Å². The maximum Gasteiger partial charge on any atom is 0.266 e. The number of aromatic nitrogens is 1. The summed E-state index contributed by atoms with van der Waals surface area (Å²) < 4.78 is 11.1. The summed E-state index contributed by atoms with van der Waals surface area (Å²) in [6.45, 7) is 2.09. The number of benzene rings is 1. The van der Waals surface area contributed by atoms with Gasteiger partial charge in [0.1, 0.15) is 6.07 Å². The summed E-state index contributed by atoms with van der Waals surface area (Å²) in [6, 6.07) is 10.8. The largest absolute Gasteiger partial charge is 0.459 e. The Bertz CT molecular complexity index is 1070. The quantitative estimate of drug-likeness (QED) is 0.513. The lowest BCUT2D eigenvalue weighted by Crippen LogP contribution is -2.49. The van der Waals surface area contributed by atoms with Gasteiger partial charge >= 0.3 is 0 Å². The average molecular weight is 463 g/mol. The van der Waals surface area contributed by atoms with Crippen LogP contribution in [0.2, 0.25) is 10.0 Å². The van der Waals surface area contributed by atoms with E-state index in [-0.39, 0.29) is 23.2 Å². The Morgan fingerprint density at radius 1 is 1.17 bits per heavy atom. The third-order valence-corrected chi connectivity index (χ3v) is 6.60. The van der Waals surface area contributed by atoms with Crippen molar-refractivity contribution in [3.8, 4) is 17.7 Å². The molecule has 3 aromatic rings. The topological polar surface area (TPSA) is 86.5 Å². The highest BCUT2D eigenvalue weighted by Crippen LogP contribution is 2.34. The Morgan fingerprint density at radius 2 is 1.90 bits per heavy atom. The van der Waals surface area contributed by atoms with E-state index in [4.69, 9.17) is 32.0 Å². The molecule has 1 amide bonds. The number of hydrogen-bond acceptors (Lipinski definition) is 7. The molecule has 0 bridgehead atoms. The second-order valence-corrected chi connectivity index (χ2v) is 8.27. The molecule has 0 radical (unpaired) electrons. The molecular weight excluding hydrogens is 447 g/mol. The van der Waals surface area contributed by atoms with Crippen molar-refractivity contribution in [2.45, 2.75) is 4.90 Å². The van der Waals surface area contributed by atoms with Crippen molar-refractivity contribution in [1.82, 2.24) is 9.88 Å². The molecule has 0 saturated carbocycles. The maximum atomic E-state index is 12.6. The monoisotopic (exact) mass is 462 g/mol. The van der Waals surface area contributed by atoms with Crippen LogP contribution in [0, 0.1) is 11.3 Å². The van der Waals surface area contributed by atoms with Crippen LogP contribution in [0.1, 0.15) is 5.69 Å². The van der Waals surface area contributed by atoms with Crippen molar-refractivity contribution in [3.63, 3.8) is 0 Å². The lowest BCUT2D eigenvalue weighted by atomic mass is 10.3. The predicted octanol–water partition coefficient (Wildman–Crippen LogP) is 4.55. The Kier molecular flexibility index (Phi) is 6.23. The minimum atomic E-state index is 0.00462. The second-order valence-electron chi connectivity index (χ2n) is 6.47. The van der Waals surface area contributed by atoms with Crippen molar-refractivity contribution in [1.29, 1.82) is 5.26 Å². The van der Waals surface area contributed by atoms with Gasteiger partial charge in [-0.1, -0.05) is 29.3 Å². The third kappa shape index (κ3) is 4.29. The Balaban J connectivity index is 1.37. The normalized spacial score (nSPS) is 14.0. The zero-order valence-corrected chi connectivity index (χ0v) is 18.0. The molecule has 0 unspecified atom stereocenters. The molecule has 0 N–H and O–H groups in total. The smallest absolute Gasteiger partial charge is 0.266 e. The molecule has 1 aliphatic heterocycles. The van der Waals surface area contributed by atoms with Crippen LogP contribution in [0.3, 0.4) is 0 Å². The van der Waals surface area contributed by atoms with Gasteiger partial charge in [-0.15, -0.1) is 11.8 Å². The number of halogens is 2. The van der Waals surface area contributed by atoms with Gasteiger partial charge in [0.2, 0.25) is 17.5 Å². The van der Waals surface area contributed by atoms with E-state index >= 15 is 0 Å². The molecule has 4 rings (SSSR count). The van der Waals surface area contributed by atoms with E-state index in [0.717, 1.165) is 0 Å². The Morgan fingerprint density at radius 3 is 2.53 bits per heavy atom. The molecule has 1 aromatic carbocycles. The number of nitriles is 1. The lowest BCUT2D eigenvalue weighted by Gasteiger charge is -2.34. The van der Waals surface area contributed by atoms with E-state index in [2.05, 4.69) is 11.1 Å².